The van der Waals surface area contributed by atoms with Crippen LogP contribution in [-0.2, 0) is 43.3 Å². The molecule has 5 atom stereocenters. The van der Waals surface area contributed by atoms with Crippen molar-refractivity contribution in [3.05, 3.63) is 71.5 Å². The molecule has 2 aliphatic carbocycles. The number of benzene rings is 2. The summed E-state index contributed by atoms with van der Waals surface area (Å²) in [6, 6.07) is 13.9. The molecule has 2 aromatic heterocycles. The molecule has 8 aliphatic rings. The Labute approximate surface area is 462 Å². The number of hydrazine groups is 1. The van der Waals surface area contributed by atoms with Crippen LogP contribution >= 0.6 is 0 Å². The Morgan fingerprint density at radius 1 is 0.886 bits per heavy atom. The molecule has 8 heterocycles. The van der Waals surface area contributed by atoms with Crippen molar-refractivity contribution in [3.8, 4) is 22.4 Å². The van der Waals surface area contributed by atoms with Crippen molar-refractivity contribution in [2.75, 3.05) is 77.0 Å². The first-order valence-electron chi connectivity index (χ1n) is 29.5. The Balaban J connectivity index is 0.917. The summed E-state index contributed by atoms with van der Waals surface area (Å²) in [7, 11) is 0. The molecule has 5 saturated heterocycles. The fraction of sp³-hybridized carbons (Fsp3) is 0.623. The van der Waals surface area contributed by atoms with E-state index in [1.165, 1.54) is 22.4 Å². The Morgan fingerprint density at radius 3 is 2.38 bits per heavy atom. The van der Waals surface area contributed by atoms with Gasteiger partial charge in [0.05, 0.1) is 42.0 Å². The number of likely N-dealkylation sites (tertiary alicyclic amines) is 2. The number of esters is 1. The van der Waals surface area contributed by atoms with Crippen LogP contribution in [0.3, 0.4) is 0 Å². The highest BCUT2D eigenvalue weighted by molar-refractivity contribution is 5.96. The number of fused-ring (bicyclic) bond motifs is 6. The molecule has 0 unspecified atom stereocenters. The first-order valence-corrected chi connectivity index (χ1v) is 29.5. The fourth-order valence-electron chi connectivity index (χ4n) is 14.3. The normalized spacial score (nSPS) is 26.8. The molecule has 6 bridgehead atoms. The monoisotopic (exact) mass is 1090 g/mol. The molecule has 79 heavy (non-hydrogen) atoms. The molecule has 6 aliphatic heterocycles. The molecule has 15 nitrogen and oxygen atoms in total. The third kappa shape index (κ3) is 11.4. The highest BCUT2D eigenvalue weighted by atomic mass is 19.4. The number of hydrogen-bond donors (Lipinski definition) is 3. The molecule has 3 amide bonds. The largest absolute Gasteiger partial charge is 0.464 e. The van der Waals surface area contributed by atoms with Crippen LogP contribution in [0, 0.1) is 16.7 Å². The summed E-state index contributed by atoms with van der Waals surface area (Å²) in [6.07, 6.45) is 6.88. The van der Waals surface area contributed by atoms with Crippen molar-refractivity contribution in [2.24, 2.45) is 16.7 Å². The molecule has 18 heteroatoms. The Kier molecular flexibility index (Phi) is 14.6. The summed E-state index contributed by atoms with van der Waals surface area (Å²) < 4.78 is 53.2. The van der Waals surface area contributed by atoms with Crippen molar-refractivity contribution >= 4 is 40.3 Å². The third-order valence-electron chi connectivity index (χ3n) is 18.7. The van der Waals surface area contributed by atoms with E-state index in [1.807, 2.05) is 75.2 Å². The van der Waals surface area contributed by atoms with Gasteiger partial charge >= 0.3 is 12.1 Å². The maximum absolute atomic E-state index is 15.2. The lowest BCUT2D eigenvalue weighted by Crippen LogP contribution is -2.62. The van der Waals surface area contributed by atoms with Crippen LogP contribution in [0.15, 0.2) is 54.7 Å². The second-order valence-electron chi connectivity index (χ2n) is 25.7. The molecule has 3 N–H and O–H groups in total. The number of alkyl halides is 3. The molecule has 4 aromatic rings. The molecular weight excluding hydrogens is 1010 g/mol. The zero-order valence-corrected chi connectivity index (χ0v) is 46.5. The molecule has 2 saturated carbocycles. The number of halogens is 3. The summed E-state index contributed by atoms with van der Waals surface area (Å²) in [5.41, 5.74) is 8.67. The minimum Gasteiger partial charge on any atom is -0.464 e. The lowest BCUT2D eigenvalue weighted by Gasteiger charge is -2.37. The SMILES string of the molecule is CC(C)c1ncc(N2CCN(C3CC3)CC2)cc1-c1c2c3cc(ccc3n1CC(F)(F)F)-c1cccc(c1)C[C@H](NC(=O)[C@H](C1CCCC1)N1CC[C@]3(CCN(C(=O)[C@H]4CN4)C3)C1)C(=O)N1CCC[C@H](N1)C(=O)OCC(C)(C)C2. The van der Waals surface area contributed by atoms with E-state index in [0.29, 0.717) is 66.4 Å². The van der Waals surface area contributed by atoms with Gasteiger partial charge in [-0.3, -0.25) is 39.0 Å². The molecule has 12 rings (SSSR count). The number of nitrogens with zero attached hydrogens (tertiary/aromatic N) is 7. The van der Waals surface area contributed by atoms with Gasteiger partial charge in [0, 0.05) is 98.7 Å². The predicted octanol–water partition coefficient (Wildman–Crippen LogP) is 7.44. The molecule has 0 radical (unpaired) electrons. The lowest BCUT2D eigenvalue weighted by atomic mass is 9.83. The molecule has 424 valence electrons. The number of pyridine rings is 1. The fourth-order valence-corrected chi connectivity index (χ4v) is 14.3. The number of anilines is 1. The summed E-state index contributed by atoms with van der Waals surface area (Å²) in [6.45, 7) is 14.1. The number of hydrogen-bond acceptors (Lipinski definition) is 11. The first kappa shape index (κ1) is 54.0. The van der Waals surface area contributed by atoms with Gasteiger partial charge in [-0.1, -0.05) is 70.9 Å². The second-order valence-corrected chi connectivity index (χ2v) is 25.7. The zero-order valence-electron chi connectivity index (χ0n) is 46.5. The number of carbonyl (C=O) groups is 4. The molecule has 7 fully saturated rings. The lowest BCUT2D eigenvalue weighted by molar-refractivity contribution is -0.155. The van der Waals surface area contributed by atoms with Gasteiger partial charge in [-0.05, 0) is 117 Å². The Morgan fingerprint density at radius 2 is 1.65 bits per heavy atom. The van der Waals surface area contributed by atoms with Crippen molar-refractivity contribution < 1.29 is 37.1 Å². The van der Waals surface area contributed by atoms with Crippen molar-refractivity contribution in [1.29, 1.82) is 0 Å². The number of ether oxygens (including phenoxy) is 1. The summed E-state index contributed by atoms with van der Waals surface area (Å²) in [5.74, 6) is -0.867. The van der Waals surface area contributed by atoms with E-state index in [2.05, 4.69) is 36.8 Å². The molecule has 2 aromatic carbocycles. The van der Waals surface area contributed by atoms with E-state index < -0.39 is 42.2 Å². The van der Waals surface area contributed by atoms with Crippen molar-refractivity contribution in [3.63, 3.8) is 0 Å². The quantitative estimate of drug-likeness (QED) is 0.107. The summed E-state index contributed by atoms with van der Waals surface area (Å²) >= 11 is 0. The highest BCUT2D eigenvalue weighted by Crippen LogP contribution is 2.46. The van der Waals surface area contributed by atoms with E-state index in [-0.39, 0.29) is 60.5 Å². The second kappa shape index (κ2) is 21.4. The van der Waals surface area contributed by atoms with Gasteiger partial charge in [-0.25, -0.2) is 5.43 Å². The van der Waals surface area contributed by atoms with Crippen molar-refractivity contribution in [2.45, 2.75) is 154 Å². The Bertz CT molecular complexity index is 2980. The number of amides is 3. The zero-order chi connectivity index (χ0) is 55.0. The van der Waals surface area contributed by atoms with Gasteiger partial charge in [-0.2, -0.15) is 13.2 Å². The maximum atomic E-state index is 15.2. The van der Waals surface area contributed by atoms with Crippen LogP contribution in [0.5, 0.6) is 0 Å². The predicted molar refractivity (Wildman–Crippen MR) is 297 cm³/mol. The van der Waals surface area contributed by atoms with Crippen LogP contribution in [0.25, 0.3) is 33.3 Å². The summed E-state index contributed by atoms with van der Waals surface area (Å²) in [4.78, 5) is 71.9. The molecule has 1 spiro atoms. The van der Waals surface area contributed by atoms with Gasteiger partial charge in [0.25, 0.3) is 5.91 Å². The van der Waals surface area contributed by atoms with E-state index in [1.54, 1.807) is 6.07 Å². The third-order valence-corrected chi connectivity index (χ3v) is 18.7. The number of rotatable bonds is 10. The minimum atomic E-state index is -4.56. The van der Waals surface area contributed by atoms with Gasteiger partial charge in [-0.15, -0.1) is 0 Å². The van der Waals surface area contributed by atoms with Gasteiger partial charge in [0.15, 0.2) is 0 Å². The minimum absolute atomic E-state index is 0.0310. The van der Waals surface area contributed by atoms with Crippen LogP contribution in [0.1, 0.15) is 115 Å². The van der Waals surface area contributed by atoms with E-state index in [4.69, 9.17) is 9.72 Å². The molecular formula is C61H79F3N10O5. The number of piperazine rings is 1. The number of aromatic nitrogens is 2. The van der Waals surface area contributed by atoms with E-state index in [0.717, 1.165) is 112 Å². The van der Waals surface area contributed by atoms with E-state index in [9.17, 15) is 9.59 Å². The topological polar surface area (TPSA) is 158 Å². The summed E-state index contributed by atoms with van der Waals surface area (Å²) in [5, 5.41) is 8.63. The Hall–Kier alpha value is -5.56. The average molecular weight is 1090 g/mol. The number of nitrogens with one attached hydrogen (secondary N) is 3. The van der Waals surface area contributed by atoms with Gasteiger partial charge < -0.3 is 29.7 Å². The van der Waals surface area contributed by atoms with Gasteiger partial charge in [0.2, 0.25) is 11.8 Å². The van der Waals surface area contributed by atoms with Crippen LogP contribution < -0.4 is 21.0 Å². The number of cyclic esters (lactones) is 1. The van der Waals surface area contributed by atoms with Crippen LogP contribution in [-0.4, -0.2) is 161 Å². The van der Waals surface area contributed by atoms with E-state index >= 15 is 22.8 Å². The maximum Gasteiger partial charge on any atom is 0.406 e. The highest BCUT2D eigenvalue weighted by Gasteiger charge is 2.51. The van der Waals surface area contributed by atoms with Gasteiger partial charge in [0.1, 0.15) is 18.6 Å². The standard InChI is InChI=1S/C61H79F3N10O5/c1-38(2)52-46(30-44(32-66-52)70-25-23-69(24-26-70)43-15-16-43)54-47-31-59(3,4)37-79-58(78)48-13-8-20-74(68-48)57(77)49(28-39-9-7-12-41(27-39)42-14-17-51(45(47)29-42)73(54)36-61(62,63)64)67-55(75)53(40-10-5-6-11-40)71-21-18-60(34-71)19-22-72(35-60)56(76)50-33-65-50/h7,9,12,14,17,27,29-30,32,38,40,43,48-50,53,65,68H,5-6,8,10-11,13,15-16,18-26,28,31,33-37H2,1-4H3,(H,67,75)/t48-,49-,50+,53-,60-/m0/s1. The smallest absolute Gasteiger partial charge is 0.406 e. The van der Waals surface area contributed by atoms with Crippen LogP contribution in [0.2, 0.25) is 0 Å². The average Bonchev–Trinajstić information content (AvgIpc) is 4.43. The first-order chi connectivity index (χ1) is 37.9. The number of carbonyl (C=O) groups excluding carboxylic acids is 4. The van der Waals surface area contributed by atoms with Crippen molar-refractivity contribution in [1.82, 2.24) is 45.3 Å². The van der Waals surface area contributed by atoms with Crippen LogP contribution in [0.4, 0.5) is 18.9 Å².